The molecule has 2 aromatic carbocycles. The Morgan fingerprint density at radius 2 is 1.95 bits per heavy atom. The number of hydrogen-bond acceptors (Lipinski definition) is 3. The monoisotopic (exact) mass is 513 g/mol. The van der Waals surface area contributed by atoms with Crippen molar-refractivity contribution >= 4 is 0 Å². The number of aryl methyl sites for hydroxylation is 2. The van der Waals surface area contributed by atoms with Crippen LogP contribution >= 0.6 is 0 Å². The minimum Gasteiger partial charge on any atom is -0.508 e. The smallest absolute Gasteiger partial charge is 0.253 e. The molecule has 8 heteroatoms. The van der Waals surface area contributed by atoms with Crippen LogP contribution in [0.1, 0.15) is 68.2 Å². The van der Waals surface area contributed by atoms with Gasteiger partial charge >= 0.3 is 0 Å². The molecular formula is C29H31F4N3O. The maximum absolute atomic E-state index is 15.5. The average Bonchev–Trinajstić information content (AvgIpc) is 3.38. The number of benzene rings is 2. The van der Waals surface area contributed by atoms with Gasteiger partial charge in [0.25, 0.3) is 5.92 Å². The van der Waals surface area contributed by atoms with Crippen LogP contribution in [0.3, 0.4) is 0 Å². The molecule has 1 aromatic heterocycles. The zero-order valence-electron chi connectivity index (χ0n) is 20.8. The molecule has 0 aliphatic heterocycles. The zero-order valence-corrected chi connectivity index (χ0v) is 20.8. The maximum atomic E-state index is 15.5. The zero-order chi connectivity index (χ0) is 25.9. The quantitative estimate of drug-likeness (QED) is 0.374. The van der Waals surface area contributed by atoms with E-state index in [0.717, 1.165) is 30.9 Å². The molecule has 0 bridgehead atoms. The number of halogens is 4. The number of phenolic OH excluding ortho intramolecular Hbond substituents is 1. The fourth-order valence-electron chi connectivity index (χ4n) is 7.83. The number of nitrogens with zero attached hydrogens (tertiary/aromatic N) is 3. The van der Waals surface area contributed by atoms with Crippen LogP contribution in [0.5, 0.6) is 5.75 Å². The summed E-state index contributed by atoms with van der Waals surface area (Å²) in [4.78, 5) is 0. The maximum Gasteiger partial charge on any atom is 0.253 e. The van der Waals surface area contributed by atoms with E-state index in [-0.39, 0.29) is 41.5 Å². The molecule has 1 heterocycles. The summed E-state index contributed by atoms with van der Waals surface area (Å²) in [6.07, 6.45) is 6.45. The fourth-order valence-corrected chi connectivity index (χ4v) is 7.83. The summed E-state index contributed by atoms with van der Waals surface area (Å²) >= 11 is 0. The van der Waals surface area contributed by atoms with E-state index in [1.165, 1.54) is 22.4 Å². The van der Waals surface area contributed by atoms with Crippen LogP contribution < -0.4 is 0 Å². The first-order valence-electron chi connectivity index (χ1n) is 13.2. The van der Waals surface area contributed by atoms with Crippen LogP contribution in [0.15, 0.2) is 42.6 Å². The lowest BCUT2D eigenvalue weighted by Crippen LogP contribution is -2.47. The topological polar surface area (TPSA) is 50.9 Å². The number of hydrogen-bond donors (Lipinski definition) is 1. The molecule has 0 radical (unpaired) electrons. The normalized spacial score (nSPS) is 30.0. The minimum atomic E-state index is -2.69. The molecule has 0 saturated heterocycles. The Morgan fingerprint density at radius 1 is 1.11 bits per heavy atom. The van der Waals surface area contributed by atoms with Crippen LogP contribution in [0.2, 0.25) is 0 Å². The Bertz CT molecular complexity index is 1320. The third-order valence-electron chi connectivity index (χ3n) is 9.53. The van der Waals surface area contributed by atoms with Gasteiger partial charge in [-0.05, 0) is 104 Å². The molecule has 0 amide bonds. The number of rotatable bonds is 5. The summed E-state index contributed by atoms with van der Waals surface area (Å²) < 4.78 is 59.6. The summed E-state index contributed by atoms with van der Waals surface area (Å²) in [6, 6.07) is 8.84. The second-order valence-corrected chi connectivity index (χ2v) is 11.5. The first kappa shape index (κ1) is 24.4. The van der Waals surface area contributed by atoms with Crippen LogP contribution in [0.25, 0.3) is 5.69 Å². The molecule has 1 N–H and O–H groups in total. The molecule has 2 saturated carbocycles. The highest BCUT2D eigenvalue weighted by atomic mass is 19.3. The molecule has 3 aliphatic carbocycles. The van der Waals surface area contributed by atoms with Gasteiger partial charge in [0.05, 0.1) is 11.9 Å². The predicted molar refractivity (Wildman–Crippen MR) is 131 cm³/mol. The summed E-state index contributed by atoms with van der Waals surface area (Å²) in [5, 5.41) is 18.0. The standard InChI is InChI=1S/C29H31F4N3O/c1-28-12-11-23-22-9-7-21(37)13-17(22)5-8-24(23)27(28)18(15-29(28,32)33)3-2-4-20-16-36(35-34-20)26-10-6-19(30)14-25(26)31/h6-7,9-10,13-14,16,18,23-24,27,37H,2-5,8,11-12,15H2,1H3/t18?,23-,24-,27+,28+/m1/s1. The van der Waals surface area contributed by atoms with Gasteiger partial charge < -0.3 is 5.11 Å². The van der Waals surface area contributed by atoms with Crippen molar-refractivity contribution in [2.45, 2.75) is 70.1 Å². The molecule has 5 atom stereocenters. The van der Waals surface area contributed by atoms with Crippen molar-refractivity contribution in [2.75, 3.05) is 0 Å². The molecule has 1 unspecified atom stereocenters. The Morgan fingerprint density at radius 3 is 2.76 bits per heavy atom. The van der Waals surface area contributed by atoms with Crippen molar-refractivity contribution in [3.05, 3.63) is 71.1 Å². The molecule has 6 rings (SSSR count). The number of alkyl halides is 2. The van der Waals surface area contributed by atoms with Gasteiger partial charge in [0.2, 0.25) is 0 Å². The van der Waals surface area contributed by atoms with Crippen LogP contribution in [0, 0.1) is 34.8 Å². The molecule has 196 valence electrons. The third kappa shape index (κ3) is 4.03. The van der Waals surface area contributed by atoms with Crippen molar-refractivity contribution in [3.8, 4) is 11.4 Å². The van der Waals surface area contributed by atoms with Gasteiger partial charge in [0.15, 0.2) is 5.82 Å². The Kier molecular flexibility index (Phi) is 5.84. The summed E-state index contributed by atoms with van der Waals surface area (Å²) in [6.45, 7) is 1.81. The molecule has 4 nitrogen and oxygen atoms in total. The van der Waals surface area contributed by atoms with Crippen molar-refractivity contribution < 1.29 is 22.7 Å². The average molecular weight is 514 g/mol. The van der Waals surface area contributed by atoms with Gasteiger partial charge in [-0.3, -0.25) is 0 Å². The van der Waals surface area contributed by atoms with Gasteiger partial charge in [-0.2, -0.15) is 0 Å². The lowest BCUT2D eigenvalue weighted by molar-refractivity contribution is -0.133. The number of fused-ring (bicyclic) bond motifs is 5. The Balaban J connectivity index is 1.18. The van der Waals surface area contributed by atoms with Crippen molar-refractivity contribution in [1.82, 2.24) is 15.0 Å². The first-order chi connectivity index (χ1) is 17.7. The molecule has 3 aliphatic rings. The lowest BCUT2D eigenvalue weighted by atomic mass is 9.53. The highest BCUT2D eigenvalue weighted by molar-refractivity contribution is 5.40. The van der Waals surface area contributed by atoms with Crippen LogP contribution in [-0.4, -0.2) is 26.0 Å². The summed E-state index contributed by atoms with van der Waals surface area (Å²) in [5.41, 5.74) is 2.17. The number of phenols is 1. The van der Waals surface area contributed by atoms with Crippen LogP contribution in [-0.2, 0) is 12.8 Å². The van der Waals surface area contributed by atoms with Crippen molar-refractivity contribution in [1.29, 1.82) is 0 Å². The largest absolute Gasteiger partial charge is 0.508 e. The highest BCUT2D eigenvalue weighted by Gasteiger charge is 2.67. The van der Waals surface area contributed by atoms with E-state index in [1.54, 1.807) is 12.3 Å². The van der Waals surface area contributed by atoms with Gasteiger partial charge in [0, 0.05) is 17.9 Å². The van der Waals surface area contributed by atoms with Gasteiger partial charge in [-0.25, -0.2) is 22.2 Å². The molecule has 2 fully saturated rings. The van der Waals surface area contributed by atoms with E-state index in [4.69, 9.17) is 0 Å². The van der Waals surface area contributed by atoms with E-state index in [0.29, 0.717) is 31.4 Å². The second-order valence-electron chi connectivity index (χ2n) is 11.5. The van der Waals surface area contributed by atoms with E-state index < -0.39 is 23.0 Å². The van der Waals surface area contributed by atoms with Crippen molar-refractivity contribution in [2.24, 2.45) is 23.2 Å². The lowest BCUT2D eigenvalue weighted by Gasteiger charge is -2.51. The van der Waals surface area contributed by atoms with E-state index >= 15 is 8.78 Å². The highest BCUT2D eigenvalue weighted by Crippen LogP contribution is 2.68. The molecule has 0 spiro atoms. The minimum absolute atomic E-state index is 0.0489. The number of aromatic hydroxyl groups is 1. The second kappa shape index (κ2) is 8.84. The van der Waals surface area contributed by atoms with Gasteiger partial charge in [-0.15, -0.1) is 5.10 Å². The summed E-state index contributed by atoms with van der Waals surface area (Å²) in [5.74, 6) is -3.44. The number of aromatic nitrogens is 3. The predicted octanol–water partition coefficient (Wildman–Crippen LogP) is 6.99. The van der Waals surface area contributed by atoms with E-state index in [2.05, 4.69) is 10.3 Å². The first-order valence-corrected chi connectivity index (χ1v) is 13.2. The Hall–Kier alpha value is -2.90. The SMILES string of the molecule is C[C@]12CC[C@@H]3c4ccc(O)cc4CC[C@H]3[C@@H]1C(CCCc1cn(-c3ccc(F)cc3F)nn1)CC2(F)F. The van der Waals surface area contributed by atoms with Gasteiger partial charge in [0.1, 0.15) is 17.3 Å². The molecular weight excluding hydrogens is 482 g/mol. The van der Waals surface area contributed by atoms with Crippen molar-refractivity contribution in [3.63, 3.8) is 0 Å². The fraction of sp³-hybridized carbons (Fsp3) is 0.517. The van der Waals surface area contributed by atoms with E-state index in [9.17, 15) is 13.9 Å². The molecule has 3 aromatic rings. The molecule has 37 heavy (non-hydrogen) atoms. The Labute approximate surface area is 213 Å². The van der Waals surface area contributed by atoms with Crippen LogP contribution in [0.4, 0.5) is 17.6 Å². The van der Waals surface area contributed by atoms with Gasteiger partial charge in [-0.1, -0.05) is 18.2 Å². The summed E-state index contributed by atoms with van der Waals surface area (Å²) in [7, 11) is 0. The van der Waals surface area contributed by atoms with E-state index in [1.807, 2.05) is 19.1 Å². The third-order valence-corrected chi connectivity index (χ3v) is 9.53.